The van der Waals surface area contributed by atoms with Gasteiger partial charge in [0.05, 0.1) is 11.4 Å². The molecule has 1 aliphatic rings. The molecule has 0 saturated carbocycles. The van der Waals surface area contributed by atoms with Crippen LogP contribution in [-0.2, 0) is 10.9 Å². The van der Waals surface area contributed by atoms with Crippen molar-refractivity contribution in [2.75, 3.05) is 25.6 Å². The summed E-state index contributed by atoms with van der Waals surface area (Å²) in [7, 11) is 0. The van der Waals surface area contributed by atoms with Crippen LogP contribution in [0, 0.1) is 0 Å². The molecular weight excluding hydrogens is 361 g/mol. The number of likely N-dealkylation sites (tertiary alicyclic amines) is 1. The lowest BCUT2D eigenvalue weighted by Crippen LogP contribution is -2.46. The molecule has 1 heterocycles. The van der Waals surface area contributed by atoms with Crippen LogP contribution >= 0.6 is 11.6 Å². The van der Waals surface area contributed by atoms with Crippen molar-refractivity contribution in [1.29, 1.82) is 0 Å². The quantitative estimate of drug-likeness (QED) is 0.818. The summed E-state index contributed by atoms with van der Waals surface area (Å²) < 4.78 is 42.5. The number of ether oxygens (including phenoxy) is 1. The molecule has 0 bridgehead atoms. The van der Waals surface area contributed by atoms with Crippen LogP contribution in [0.2, 0.25) is 0 Å². The molecule has 138 valence electrons. The number of carbonyl (C=O) groups is 2. The van der Waals surface area contributed by atoms with Gasteiger partial charge in [-0.15, -0.1) is 11.6 Å². The lowest BCUT2D eigenvalue weighted by molar-refractivity contribution is -0.137. The number of piperidine rings is 1. The molecule has 0 aliphatic carbocycles. The van der Waals surface area contributed by atoms with E-state index in [1.807, 2.05) is 0 Å². The molecular formula is C16H18ClF3N2O3. The number of carbonyl (C=O) groups excluding carboxylic acids is 2. The highest BCUT2D eigenvalue weighted by atomic mass is 35.5. The number of nitrogens with one attached hydrogen (secondary N) is 1. The maximum absolute atomic E-state index is 12.5. The zero-order valence-corrected chi connectivity index (χ0v) is 14.1. The Morgan fingerprint density at radius 2 is 1.80 bits per heavy atom. The van der Waals surface area contributed by atoms with E-state index in [0.717, 1.165) is 24.3 Å². The summed E-state index contributed by atoms with van der Waals surface area (Å²) in [6.07, 6.45) is -3.78. The van der Waals surface area contributed by atoms with Crippen molar-refractivity contribution in [3.63, 3.8) is 0 Å². The van der Waals surface area contributed by atoms with Crippen molar-refractivity contribution < 1.29 is 27.5 Å². The molecule has 0 spiro atoms. The second-order valence-corrected chi connectivity index (χ2v) is 5.99. The van der Waals surface area contributed by atoms with E-state index in [4.69, 9.17) is 16.3 Å². The van der Waals surface area contributed by atoms with Gasteiger partial charge in [0.1, 0.15) is 6.61 Å². The van der Waals surface area contributed by atoms with E-state index in [1.54, 1.807) is 0 Å². The monoisotopic (exact) mass is 378 g/mol. The first kappa shape index (κ1) is 19.4. The summed E-state index contributed by atoms with van der Waals surface area (Å²) in [6, 6.07) is 3.91. The molecule has 0 unspecified atom stereocenters. The van der Waals surface area contributed by atoms with Crippen molar-refractivity contribution in [2.45, 2.75) is 25.1 Å². The van der Waals surface area contributed by atoms with Gasteiger partial charge in [-0.1, -0.05) is 0 Å². The lowest BCUT2D eigenvalue weighted by Gasteiger charge is -2.31. The third-order valence-corrected chi connectivity index (χ3v) is 4.02. The SMILES string of the molecule is O=C(NC1CCN(C(=O)OCCCl)CC1)c1ccc(C(F)(F)F)cc1. The standard InChI is InChI=1S/C16H18ClF3N2O3/c17-7-10-25-15(24)22-8-5-13(6-9-22)21-14(23)11-1-3-12(4-2-11)16(18,19)20/h1-4,13H,5-10H2,(H,21,23). The van der Waals surface area contributed by atoms with Crippen molar-refractivity contribution in [2.24, 2.45) is 0 Å². The van der Waals surface area contributed by atoms with Gasteiger partial charge in [-0.25, -0.2) is 4.79 Å². The number of hydrogen-bond donors (Lipinski definition) is 1. The highest BCUT2D eigenvalue weighted by Gasteiger charge is 2.30. The van der Waals surface area contributed by atoms with Crippen LogP contribution in [0.4, 0.5) is 18.0 Å². The number of hydrogen-bond acceptors (Lipinski definition) is 3. The van der Waals surface area contributed by atoms with Crippen LogP contribution < -0.4 is 5.32 Å². The Kier molecular flexibility index (Phi) is 6.52. The predicted molar refractivity (Wildman–Crippen MR) is 85.6 cm³/mol. The zero-order valence-electron chi connectivity index (χ0n) is 13.3. The van der Waals surface area contributed by atoms with E-state index >= 15 is 0 Å². The third kappa shape index (κ3) is 5.52. The fraction of sp³-hybridized carbons (Fsp3) is 0.500. The molecule has 1 N–H and O–H groups in total. The molecule has 0 atom stereocenters. The van der Waals surface area contributed by atoms with Gasteiger partial charge in [-0.05, 0) is 37.1 Å². The van der Waals surface area contributed by atoms with Gasteiger partial charge in [-0.2, -0.15) is 13.2 Å². The second kappa shape index (κ2) is 8.42. The summed E-state index contributed by atoms with van der Waals surface area (Å²) in [5.41, 5.74) is -0.634. The van der Waals surface area contributed by atoms with E-state index in [2.05, 4.69) is 5.32 Å². The maximum atomic E-state index is 12.5. The molecule has 2 amide bonds. The average Bonchev–Trinajstić information content (AvgIpc) is 2.59. The molecule has 1 aromatic rings. The number of rotatable bonds is 4. The van der Waals surface area contributed by atoms with Crippen LogP contribution in [0.25, 0.3) is 0 Å². The largest absolute Gasteiger partial charge is 0.448 e. The number of benzene rings is 1. The fourth-order valence-electron chi connectivity index (χ4n) is 2.50. The first-order valence-corrected chi connectivity index (χ1v) is 8.30. The van der Waals surface area contributed by atoms with E-state index in [-0.39, 0.29) is 24.1 Å². The van der Waals surface area contributed by atoms with Crippen LogP contribution in [0.3, 0.4) is 0 Å². The van der Waals surface area contributed by atoms with E-state index in [0.29, 0.717) is 25.9 Å². The van der Waals surface area contributed by atoms with Crippen LogP contribution in [-0.4, -0.2) is 48.5 Å². The van der Waals surface area contributed by atoms with Crippen molar-refractivity contribution >= 4 is 23.6 Å². The van der Waals surface area contributed by atoms with Crippen molar-refractivity contribution in [1.82, 2.24) is 10.2 Å². The number of amides is 2. The molecule has 5 nitrogen and oxygen atoms in total. The molecule has 9 heteroatoms. The fourth-order valence-corrected chi connectivity index (χ4v) is 2.58. The van der Waals surface area contributed by atoms with Crippen molar-refractivity contribution in [3.8, 4) is 0 Å². The van der Waals surface area contributed by atoms with Gasteiger partial charge < -0.3 is 15.0 Å². The van der Waals surface area contributed by atoms with E-state index < -0.39 is 23.7 Å². The van der Waals surface area contributed by atoms with Gasteiger partial charge in [0, 0.05) is 24.7 Å². The Bertz CT molecular complexity index is 600. The van der Waals surface area contributed by atoms with Gasteiger partial charge in [0.2, 0.25) is 0 Å². The molecule has 1 saturated heterocycles. The minimum atomic E-state index is -4.43. The first-order chi connectivity index (χ1) is 11.8. The molecule has 1 aliphatic heterocycles. The van der Waals surface area contributed by atoms with Crippen molar-refractivity contribution in [3.05, 3.63) is 35.4 Å². The minimum Gasteiger partial charge on any atom is -0.448 e. The van der Waals surface area contributed by atoms with E-state index in [1.165, 1.54) is 4.90 Å². The summed E-state index contributed by atoms with van der Waals surface area (Å²) in [5.74, 6) is -0.206. The maximum Gasteiger partial charge on any atom is 0.416 e. The molecule has 2 rings (SSSR count). The van der Waals surface area contributed by atoms with E-state index in [9.17, 15) is 22.8 Å². The van der Waals surface area contributed by atoms with Crippen LogP contribution in [0.15, 0.2) is 24.3 Å². The van der Waals surface area contributed by atoms with Gasteiger partial charge in [-0.3, -0.25) is 4.79 Å². The molecule has 0 radical (unpaired) electrons. The normalized spacial score (nSPS) is 15.8. The number of nitrogens with zero attached hydrogens (tertiary/aromatic N) is 1. The third-order valence-electron chi connectivity index (χ3n) is 3.87. The molecule has 1 fully saturated rings. The number of alkyl halides is 4. The molecule has 0 aromatic heterocycles. The Balaban J connectivity index is 1.83. The smallest absolute Gasteiger partial charge is 0.416 e. The van der Waals surface area contributed by atoms with Gasteiger partial charge in [0.15, 0.2) is 0 Å². The second-order valence-electron chi connectivity index (χ2n) is 5.61. The molecule has 1 aromatic carbocycles. The predicted octanol–water partition coefficient (Wildman–Crippen LogP) is 3.28. The highest BCUT2D eigenvalue weighted by molar-refractivity contribution is 6.18. The molecule has 25 heavy (non-hydrogen) atoms. The number of halogens is 4. The minimum absolute atomic E-state index is 0.144. The summed E-state index contributed by atoms with van der Waals surface area (Å²) >= 11 is 5.45. The van der Waals surface area contributed by atoms with Gasteiger partial charge in [0.25, 0.3) is 5.91 Å². The summed E-state index contributed by atoms with van der Waals surface area (Å²) in [5, 5.41) is 2.78. The average molecular weight is 379 g/mol. The Morgan fingerprint density at radius 3 is 2.32 bits per heavy atom. The highest BCUT2D eigenvalue weighted by Crippen LogP contribution is 2.29. The summed E-state index contributed by atoms with van der Waals surface area (Å²) in [4.78, 5) is 25.3. The Hall–Kier alpha value is -1.96. The zero-order chi connectivity index (χ0) is 18.4. The Morgan fingerprint density at radius 1 is 1.20 bits per heavy atom. The van der Waals surface area contributed by atoms with Crippen LogP contribution in [0.1, 0.15) is 28.8 Å². The first-order valence-electron chi connectivity index (χ1n) is 7.77. The van der Waals surface area contributed by atoms with Crippen LogP contribution in [0.5, 0.6) is 0 Å². The Labute approximate surface area is 148 Å². The summed E-state index contributed by atoms with van der Waals surface area (Å²) in [6.45, 7) is 1.00. The topological polar surface area (TPSA) is 58.6 Å². The van der Waals surface area contributed by atoms with Gasteiger partial charge >= 0.3 is 12.3 Å². The lowest BCUT2D eigenvalue weighted by atomic mass is 10.0.